The molecule has 28 heavy (non-hydrogen) atoms. The van der Waals surface area contributed by atoms with Crippen LogP contribution in [0.25, 0.3) is 22.4 Å². The summed E-state index contributed by atoms with van der Waals surface area (Å²) in [5, 5.41) is 7.93. The third-order valence-electron chi connectivity index (χ3n) is 5.44. The average molecular weight is 370 g/mol. The summed E-state index contributed by atoms with van der Waals surface area (Å²) in [6.45, 7) is 3.98. The summed E-state index contributed by atoms with van der Waals surface area (Å²) in [6, 6.07) is 17.1. The smallest absolute Gasteiger partial charge is 0.228 e. The van der Waals surface area contributed by atoms with E-state index in [-0.39, 0.29) is 6.04 Å². The van der Waals surface area contributed by atoms with Gasteiger partial charge in [-0.05, 0) is 44.2 Å². The minimum atomic E-state index is 0.218. The number of nitrogens with one attached hydrogen (secondary N) is 1. The molecule has 5 rings (SSSR count). The monoisotopic (exact) mass is 370 g/mol. The third kappa shape index (κ3) is 2.93. The fourth-order valence-corrected chi connectivity index (χ4v) is 4.01. The zero-order chi connectivity index (χ0) is 19.1. The van der Waals surface area contributed by atoms with Gasteiger partial charge < -0.3 is 9.84 Å². The van der Waals surface area contributed by atoms with Crippen molar-refractivity contribution in [3.8, 4) is 11.3 Å². The minimum Gasteiger partial charge on any atom is -0.360 e. The van der Waals surface area contributed by atoms with Gasteiger partial charge >= 0.3 is 0 Å². The number of aryl methyl sites for hydroxylation is 3. The minimum absolute atomic E-state index is 0.218. The van der Waals surface area contributed by atoms with E-state index in [0.717, 1.165) is 41.9 Å². The van der Waals surface area contributed by atoms with Crippen LogP contribution in [0.3, 0.4) is 0 Å². The van der Waals surface area contributed by atoms with E-state index in [1.165, 1.54) is 16.7 Å². The number of rotatable bonds is 3. The normalized spacial score (nSPS) is 16.1. The summed E-state index contributed by atoms with van der Waals surface area (Å²) >= 11 is 0. The Morgan fingerprint density at radius 2 is 1.82 bits per heavy atom. The molecule has 2 aromatic carbocycles. The quantitative estimate of drug-likeness (QED) is 0.524. The number of fused-ring (bicyclic) bond motifs is 2. The molecule has 1 atom stereocenters. The lowest BCUT2D eigenvalue weighted by molar-refractivity contribution is 0.458. The first kappa shape index (κ1) is 16.9. The first-order chi connectivity index (χ1) is 13.7. The standard InChI is InChI=1S/C23H22N4O/c1-14-10-12-17(13-11-14)20-21-22(28-27-20)23(25-15(2)24-21)26-19-9-5-7-16-6-3-4-8-18(16)19/h3-4,6,8,10-13,19H,5,7,9H2,1-2H3,(H,24,25,26)/t19-/m0/s1. The number of benzene rings is 2. The molecule has 140 valence electrons. The van der Waals surface area contributed by atoms with Gasteiger partial charge in [-0.1, -0.05) is 59.3 Å². The molecule has 2 aromatic heterocycles. The van der Waals surface area contributed by atoms with E-state index >= 15 is 0 Å². The largest absolute Gasteiger partial charge is 0.360 e. The van der Waals surface area contributed by atoms with Crippen molar-refractivity contribution in [3.05, 3.63) is 71.0 Å². The number of nitrogens with zero attached hydrogens (tertiary/aromatic N) is 3. The van der Waals surface area contributed by atoms with Crippen molar-refractivity contribution in [2.24, 2.45) is 0 Å². The number of hydrogen-bond acceptors (Lipinski definition) is 5. The molecule has 0 saturated carbocycles. The molecule has 0 bridgehead atoms. The van der Waals surface area contributed by atoms with Gasteiger partial charge in [0.1, 0.15) is 17.0 Å². The molecule has 0 spiro atoms. The predicted molar refractivity (Wildman–Crippen MR) is 110 cm³/mol. The molecule has 4 aromatic rings. The van der Waals surface area contributed by atoms with Crippen molar-refractivity contribution in [1.82, 2.24) is 15.1 Å². The summed E-state index contributed by atoms with van der Waals surface area (Å²) in [5.74, 6) is 1.42. The maximum Gasteiger partial charge on any atom is 0.228 e. The van der Waals surface area contributed by atoms with Crippen molar-refractivity contribution < 1.29 is 4.52 Å². The van der Waals surface area contributed by atoms with Crippen molar-refractivity contribution in [3.63, 3.8) is 0 Å². The Labute approximate surface area is 163 Å². The molecule has 1 aliphatic rings. The maximum absolute atomic E-state index is 5.71. The van der Waals surface area contributed by atoms with Crippen molar-refractivity contribution >= 4 is 16.9 Å². The van der Waals surface area contributed by atoms with Crippen LogP contribution in [0.1, 0.15) is 41.4 Å². The van der Waals surface area contributed by atoms with Crippen LogP contribution in [0.15, 0.2) is 53.1 Å². The molecule has 0 unspecified atom stereocenters. The molecule has 0 amide bonds. The Kier molecular flexibility index (Phi) is 4.08. The van der Waals surface area contributed by atoms with Gasteiger partial charge in [-0.3, -0.25) is 0 Å². The van der Waals surface area contributed by atoms with Gasteiger partial charge in [0.25, 0.3) is 0 Å². The molecule has 0 radical (unpaired) electrons. The Morgan fingerprint density at radius 1 is 1.00 bits per heavy atom. The summed E-state index contributed by atoms with van der Waals surface area (Å²) in [7, 11) is 0. The van der Waals surface area contributed by atoms with Crippen molar-refractivity contribution in [2.45, 2.75) is 39.2 Å². The number of hydrogen-bond donors (Lipinski definition) is 1. The van der Waals surface area contributed by atoms with E-state index in [0.29, 0.717) is 11.4 Å². The second kappa shape index (κ2) is 6.75. The summed E-state index contributed by atoms with van der Waals surface area (Å²) in [5.41, 5.74) is 7.08. The Morgan fingerprint density at radius 3 is 2.68 bits per heavy atom. The topological polar surface area (TPSA) is 63.8 Å². The molecule has 0 saturated heterocycles. The van der Waals surface area contributed by atoms with Crippen LogP contribution in [0.5, 0.6) is 0 Å². The molecule has 0 aliphatic heterocycles. The van der Waals surface area contributed by atoms with Crippen LogP contribution in [0, 0.1) is 13.8 Å². The Hall–Kier alpha value is -3.21. The first-order valence-electron chi connectivity index (χ1n) is 9.74. The zero-order valence-electron chi connectivity index (χ0n) is 16.1. The highest BCUT2D eigenvalue weighted by molar-refractivity contribution is 5.93. The predicted octanol–water partition coefficient (Wildman–Crippen LogP) is 5.39. The van der Waals surface area contributed by atoms with Crippen LogP contribution >= 0.6 is 0 Å². The second-order valence-electron chi connectivity index (χ2n) is 7.48. The van der Waals surface area contributed by atoms with Crippen molar-refractivity contribution in [2.75, 3.05) is 5.32 Å². The van der Waals surface area contributed by atoms with E-state index in [9.17, 15) is 0 Å². The summed E-state index contributed by atoms with van der Waals surface area (Å²) in [4.78, 5) is 9.26. The molecule has 0 fully saturated rings. The van der Waals surface area contributed by atoms with E-state index in [1.807, 2.05) is 6.92 Å². The highest BCUT2D eigenvalue weighted by atomic mass is 16.5. The maximum atomic E-state index is 5.71. The second-order valence-corrected chi connectivity index (χ2v) is 7.48. The molecule has 5 heteroatoms. The molecular weight excluding hydrogens is 348 g/mol. The van der Waals surface area contributed by atoms with Crippen LogP contribution < -0.4 is 5.32 Å². The third-order valence-corrected chi connectivity index (χ3v) is 5.44. The van der Waals surface area contributed by atoms with Crippen molar-refractivity contribution in [1.29, 1.82) is 0 Å². The van der Waals surface area contributed by atoms with Gasteiger partial charge in [-0.25, -0.2) is 9.97 Å². The lowest BCUT2D eigenvalue weighted by Gasteiger charge is -2.26. The van der Waals surface area contributed by atoms with E-state index in [1.54, 1.807) is 0 Å². The molecule has 1 aliphatic carbocycles. The molecule has 5 nitrogen and oxygen atoms in total. The van der Waals surface area contributed by atoms with E-state index < -0.39 is 0 Å². The Bertz CT molecular complexity index is 1150. The van der Waals surface area contributed by atoms with Gasteiger partial charge in [-0.2, -0.15) is 0 Å². The van der Waals surface area contributed by atoms with Gasteiger partial charge in [0.05, 0.1) is 6.04 Å². The van der Waals surface area contributed by atoms with Gasteiger partial charge in [0.15, 0.2) is 5.82 Å². The first-order valence-corrected chi connectivity index (χ1v) is 9.74. The van der Waals surface area contributed by atoms with Gasteiger partial charge in [0, 0.05) is 5.56 Å². The highest BCUT2D eigenvalue weighted by Gasteiger charge is 2.23. The lowest BCUT2D eigenvalue weighted by Crippen LogP contribution is -2.18. The van der Waals surface area contributed by atoms with Crippen LogP contribution in [0.2, 0.25) is 0 Å². The number of anilines is 1. The van der Waals surface area contributed by atoms with Gasteiger partial charge in [-0.15, -0.1) is 0 Å². The van der Waals surface area contributed by atoms with Gasteiger partial charge in [0.2, 0.25) is 5.58 Å². The summed E-state index contributed by atoms with van der Waals surface area (Å²) in [6.07, 6.45) is 3.36. The number of aromatic nitrogens is 3. The average Bonchev–Trinajstić information content (AvgIpc) is 3.13. The molecular formula is C23H22N4O. The lowest BCUT2D eigenvalue weighted by atomic mass is 9.88. The van der Waals surface area contributed by atoms with Crippen LogP contribution in [0.4, 0.5) is 5.82 Å². The van der Waals surface area contributed by atoms with Crippen LogP contribution in [-0.4, -0.2) is 15.1 Å². The fraction of sp³-hybridized carbons (Fsp3) is 0.261. The molecule has 2 heterocycles. The highest BCUT2D eigenvalue weighted by Crippen LogP contribution is 2.35. The fourth-order valence-electron chi connectivity index (χ4n) is 4.01. The van der Waals surface area contributed by atoms with Crippen LogP contribution in [-0.2, 0) is 6.42 Å². The SMILES string of the molecule is Cc1ccc(-c2noc3c(N[C@H]4CCCc5ccccc54)nc(C)nc23)cc1. The Balaban J connectivity index is 1.57. The van der Waals surface area contributed by atoms with E-state index in [4.69, 9.17) is 4.52 Å². The zero-order valence-corrected chi connectivity index (χ0v) is 16.1. The van der Waals surface area contributed by atoms with E-state index in [2.05, 4.69) is 75.9 Å². The summed E-state index contributed by atoms with van der Waals surface area (Å²) < 4.78 is 5.71. The molecule has 1 N–H and O–H groups in total.